The molecule has 0 aliphatic carbocycles. The van der Waals surface area contributed by atoms with Crippen molar-refractivity contribution in [3.05, 3.63) is 53.6 Å². The van der Waals surface area contributed by atoms with E-state index in [4.69, 9.17) is 4.74 Å². The van der Waals surface area contributed by atoms with Crippen LogP contribution in [0.1, 0.15) is 31.9 Å². The van der Waals surface area contributed by atoms with Gasteiger partial charge in [0.25, 0.3) is 0 Å². The molecule has 166 valence electrons. The first kappa shape index (κ1) is 22.5. The fraction of sp³-hybridized carbons (Fsp3) is 0.417. The summed E-state index contributed by atoms with van der Waals surface area (Å²) in [5.74, 6) is 0. The van der Waals surface area contributed by atoms with Crippen LogP contribution in [-0.4, -0.2) is 48.8 Å². The molecule has 0 radical (unpaired) electrons. The van der Waals surface area contributed by atoms with Gasteiger partial charge in [0.15, 0.2) is 0 Å². The van der Waals surface area contributed by atoms with Gasteiger partial charge in [0.05, 0.1) is 0 Å². The minimum Gasteiger partial charge on any atom is -0.444 e. The normalized spacial score (nSPS) is 14.2. The van der Waals surface area contributed by atoms with E-state index in [-0.39, 0.29) is 12.1 Å². The smallest absolute Gasteiger partial charge is 0.410 e. The van der Waals surface area contributed by atoms with Crippen LogP contribution in [0.15, 0.2) is 42.5 Å². The first-order chi connectivity index (χ1) is 14.6. The maximum absolute atomic E-state index is 12.3. The molecule has 3 rings (SSSR count). The van der Waals surface area contributed by atoms with E-state index in [1.54, 1.807) is 4.90 Å². The van der Waals surface area contributed by atoms with Crippen LogP contribution >= 0.6 is 0 Å². The third kappa shape index (κ3) is 6.38. The van der Waals surface area contributed by atoms with Crippen molar-refractivity contribution in [2.24, 2.45) is 0 Å². The highest BCUT2D eigenvalue weighted by molar-refractivity contribution is 6.00. The lowest BCUT2D eigenvalue weighted by atomic mass is 10.1. The van der Waals surface area contributed by atoms with E-state index >= 15 is 0 Å². The van der Waals surface area contributed by atoms with Crippen LogP contribution in [0.3, 0.4) is 0 Å². The Morgan fingerprint density at radius 3 is 2.16 bits per heavy atom. The number of ether oxygens (including phenoxy) is 1. The lowest BCUT2D eigenvalue weighted by Gasteiger charge is -2.36. The monoisotopic (exact) mass is 424 g/mol. The quantitative estimate of drug-likeness (QED) is 0.727. The molecule has 2 N–H and O–H groups in total. The largest absolute Gasteiger partial charge is 0.444 e. The van der Waals surface area contributed by atoms with Crippen molar-refractivity contribution in [1.82, 2.24) is 4.90 Å². The molecule has 0 unspecified atom stereocenters. The van der Waals surface area contributed by atoms with Crippen molar-refractivity contribution in [3.63, 3.8) is 0 Å². The summed E-state index contributed by atoms with van der Waals surface area (Å²) < 4.78 is 5.45. The highest BCUT2D eigenvalue weighted by Crippen LogP contribution is 2.21. The molecule has 1 saturated heterocycles. The van der Waals surface area contributed by atoms with Crippen molar-refractivity contribution in [2.45, 2.75) is 40.2 Å². The summed E-state index contributed by atoms with van der Waals surface area (Å²) in [4.78, 5) is 28.5. The van der Waals surface area contributed by atoms with Crippen LogP contribution in [0.2, 0.25) is 0 Å². The minimum absolute atomic E-state index is 0.262. The fourth-order valence-electron chi connectivity index (χ4n) is 3.38. The zero-order valence-corrected chi connectivity index (χ0v) is 19.0. The highest BCUT2D eigenvalue weighted by Gasteiger charge is 2.25. The minimum atomic E-state index is -0.485. The Hall–Kier alpha value is -3.22. The second-order valence-corrected chi connectivity index (χ2v) is 8.90. The standard InChI is InChI=1S/C24H32N4O3/c1-17-6-7-18(2)21(16-17)26-22(29)25-19-8-10-20(11-9-19)27-12-14-28(15-13-27)23(30)31-24(3,4)5/h6-11,16H,12-15H2,1-5H3,(H2,25,26,29). The van der Waals surface area contributed by atoms with Crippen molar-refractivity contribution >= 4 is 29.2 Å². The highest BCUT2D eigenvalue weighted by atomic mass is 16.6. The predicted molar refractivity (Wildman–Crippen MR) is 125 cm³/mol. The van der Waals surface area contributed by atoms with Gasteiger partial charge < -0.3 is 25.2 Å². The van der Waals surface area contributed by atoms with Crippen molar-refractivity contribution in [1.29, 1.82) is 0 Å². The van der Waals surface area contributed by atoms with E-state index in [1.165, 1.54) is 0 Å². The van der Waals surface area contributed by atoms with E-state index in [0.29, 0.717) is 13.1 Å². The maximum atomic E-state index is 12.3. The number of amides is 3. The maximum Gasteiger partial charge on any atom is 0.410 e. The van der Waals surface area contributed by atoms with E-state index in [9.17, 15) is 9.59 Å². The number of anilines is 3. The first-order valence-corrected chi connectivity index (χ1v) is 10.6. The Labute approximate surface area is 184 Å². The number of piperazine rings is 1. The van der Waals surface area contributed by atoms with E-state index in [1.807, 2.05) is 77.1 Å². The molecule has 0 aromatic heterocycles. The third-order valence-corrected chi connectivity index (χ3v) is 5.06. The van der Waals surface area contributed by atoms with Gasteiger partial charge in [-0.25, -0.2) is 9.59 Å². The number of carbonyl (C=O) groups excluding carboxylic acids is 2. The molecule has 1 fully saturated rings. The average Bonchev–Trinajstić information content (AvgIpc) is 2.70. The molecule has 2 aromatic rings. The lowest BCUT2D eigenvalue weighted by Crippen LogP contribution is -2.50. The molecule has 3 amide bonds. The molecular weight excluding hydrogens is 392 g/mol. The summed E-state index contributed by atoms with van der Waals surface area (Å²) in [6.07, 6.45) is -0.262. The third-order valence-electron chi connectivity index (χ3n) is 5.06. The zero-order chi connectivity index (χ0) is 22.6. The van der Waals surface area contributed by atoms with Gasteiger partial charge >= 0.3 is 12.1 Å². The van der Waals surface area contributed by atoms with Gasteiger partial charge in [-0.1, -0.05) is 12.1 Å². The SMILES string of the molecule is Cc1ccc(C)c(NC(=O)Nc2ccc(N3CCN(C(=O)OC(C)(C)C)CC3)cc2)c1. The second-order valence-electron chi connectivity index (χ2n) is 8.90. The van der Waals surface area contributed by atoms with Crippen LogP contribution in [0.25, 0.3) is 0 Å². The average molecular weight is 425 g/mol. The summed E-state index contributed by atoms with van der Waals surface area (Å²) in [6, 6.07) is 13.4. The summed E-state index contributed by atoms with van der Waals surface area (Å²) >= 11 is 0. The Morgan fingerprint density at radius 1 is 0.903 bits per heavy atom. The Morgan fingerprint density at radius 2 is 1.55 bits per heavy atom. The van der Waals surface area contributed by atoms with Gasteiger partial charge in [-0.05, 0) is 76.1 Å². The summed E-state index contributed by atoms with van der Waals surface area (Å²) in [7, 11) is 0. The van der Waals surface area contributed by atoms with Crippen molar-refractivity contribution < 1.29 is 14.3 Å². The molecule has 0 saturated carbocycles. The van der Waals surface area contributed by atoms with Crippen molar-refractivity contribution in [2.75, 3.05) is 41.7 Å². The molecule has 31 heavy (non-hydrogen) atoms. The number of hydrogen-bond acceptors (Lipinski definition) is 4. The van der Waals surface area contributed by atoms with Crippen LogP contribution in [-0.2, 0) is 4.74 Å². The van der Waals surface area contributed by atoms with Gasteiger partial charge in [0.2, 0.25) is 0 Å². The lowest BCUT2D eigenvalue weighted by molar-refractivity contribution is 0.0240. The van der Waals surface area contributed by atoms with Crippen LogP contribution < -0.4 is 15.5 Å². The molecule has 7 nitrogen and oxygen atoms in total. The number of nitrogens with zero attached hydrogens (tertiary/aromatic N) is 2. The number of nitrogens with one attached hydrogen (secondary N) is 2. The molecule has 7 heteroatoms. The van der Waals surface area contributed by atoms with Crippen LogP contribution in [0, 0.1) is 13.8 Å². The molecule has 1 aliphatic rings. The summed E-state index contributed by atoms with van der Waals surface area (Å²) in [5, 5.41) is 5.77. The van der Waals surface area contributed by atoms with Gasteiger partial charge in [0, 0.05) is 43.2 Å². The van der Waals surface area contributed by atoms with Crippen LogP contribution in [0.4, 0.5) is 26.7 Å². The zero-order valence-electron chi connectivity index (χ0n) is 19.0. The predicted octanol–water partition coefficient (Wildman–Crippen LogP) is 5.00. The number of aryl methyl sites for hydroxylation is 2. The summed E-state index contributed by atoms with van der Waals surface area (Å²) in [6.45, 7) is 12.3. The van der Waals surface area contributed by atoms with E-state index in [2.05, 4.69) is 15.5 Å². The molecule has 0 spiro atoms. The second kappa shape index (κ2) is 9.29. The van der Waals surface area contributed by atoms with Gasteiger partial charge in [0.1, 0.15) is 5.60 Å². The molecule has 0 atom stereocenters. The fourth-order valence-corrected chi connectivity index (χ4v) is 3.38. The number of rotatable bonds is 3. The number of urea groups is 1. The number of hydrogen-bond donors (Lipinski definition) is 2. The molecule has 1 heterocycles. The Balaban J connectivity index is 1.52. The number of carbonyl (C=O) groups is 2. The van der Waals surface area contributed by atoms with E-state index in [0.717, 1.165) is 41.3 Å². The van der Waals surface area contributed by atoms with Gasteiger partial charge in [-0.2, -0.15) is 0 Å². The number of benzene rings is 2. The molecular formula is C24H32N4O3. The topological polar surface area (TPSA) is 73.9 Å². The molecule has 2 aromatic carbocycles. The molecule has 0 bridgehead atoms. The van der Waals surface area contributed by atoms with E-state index < -0.39 is 5.60 Å². The summed E-state index contributed by atoms with van der Waals surface area (Å²) in [5.41, 5.74) is 4.21. The molecule has 1 aliphatic heterocycles. The Bertz CT molecular complexity index is 927. The van der Waals surface area contributed by atoms with Crippen molar-refractivity contribution in [3.8, 4) is 0 Å². The van der Waals surface area contributed by atoms with Gasteiger partial charge in [-0.15, -0.1) is 0 Å². The Kier molecular flexibility index (Phi) is 6.73. The first-order valence-electron chi connectivity index (χ1n) is 10.6. The van der Waals surface area contributed by atoms with Gasteiger partial charge in [-0.3, -0.25) is 0 Å². The van der Waals surface area contributed by atoms with Crippen LogP contribution in [0.5, 0.6) is 0 Å².